The normalized spacial score (nSPS) is 12.3. The van der Waals surface area contributed by atoms with Crippen molar-refractivity contribution in [2.24, 2.45) is 0 Å². The molecule has 3 aromatic carbocycles. The van der Waals surface area contributed by atoms with Gasteiger partial charge in [0.1, 0.15) is 5.75 Å². The van der Waals surface area contributed by atoms with Crippen LogP contribution in [0, 0.1) is 0 Å². The van der Waals surface area contributed by atoms with Crippen molar-refractivity contribution >= 4 is 26.8 Å². The summed E-state index contributed by atoms with van der Waals surface area (Å²) in [5.74, 6) is 0.254. The zero-order valence-electron chi connectivity index (χ0n) is 19.3. The summed E-state index contributed by atoms with van der Waals surface area (Å²) in [6.07, 6.45) is 3.42. The molecule has 1 heterocycles. The van der Waals surface area contributed by atoms with E-state index < -0.39 is 10.0 Å². The van der Waals surface area contributed by atoms with Crippen LogP contribution in [-0.2, 0) is 10.0 Å². The Hall–Kier alpha value is -3.88. The number of carbonyl (C=O) groups is 1. The number of ether oxygens (including phenoxy) is 1. The Morgan fingerprint density at radius 1 is 1.09 bits per heavy atom. The monoisotopic (exact) mass is 489 g/mol. The van der Waals surface area contributed by atoms with E-state index in [-0.39, 0.29) is 28.8 Å². The fourth-order valence-electron chi connectivity index (χ4n) is 3.98. The molecule has 8 heteroatoms. The average Bonchev–Trinajstić information content (AvgIpc) is 3.32. The Bertz CT molecular complexity index is 1440. The number of amides is 1. The summed E-state index contributed by atoms with van der Waals surface area (Å²) in [4.78, 5) is 16.4. The molecule has 35 heavy (non-hydrogen) atoms. The first-order valence-corrected chi connectivity index (χ1v) is 12.6. The molecule has 4 aromatic rings. The summed E-state index contributed by atoms with van der Waals surface area (Å²) in [6, 6.07) is 21.7. The molecular weight excluding hydrogens is 462 g/mol. The maximum Gasteiger partial charge on any atom is 0.251 e. The number of sulfonamides is 1. The Kier molecular flexibility index (Phi) is 7.33. The van der Waals surface area contributed by atoms with E-state index in [9.17, 15) is 13.2 Å². The molecule has 0 spiro atoms. The van der Waals surface area contributed by atoms with E-state index in [2.05, 4.69) is 21.6 Å². The predicted octanol–water partition coefficient (Wildman–Crippen LogP) is 4.20. The van der Waals surface area contributed by atoms with Crippen molar-refractivity contribution in [3.05, 3.63) is 108 Å². The van der Waals surface area contributed by atoms with Crippen molar-refractivity contribution in [2.45, 2.75) is 10.8 Å². The average molecular weight is 490 g/mol. The first-order chi connectivity index (χ1) is 16.9. The van der Waals surface area contributed by atoms with Crippen LogP contribution in [0.5, 0.6) is 5.75 Å². The van der Waals surface area contributed by atoms with E-state index in [4.69, 9.17) is 4.74 Å². The van der Waals surface area contributed by atoms with Crippen LogP contribution in [-0.4, -0.2) is 39.5 Å². The zero-order valence-corrected chi connectivity index (χ0v) is 20.1. The van der Waals surface area contributed by atoms with E-state index in [0.717, 1.165) is 27.8 Å². The van der Waals surface area contributed by atoms with Crippen LogP contribution in [0.1, 0.15) is 27.4 Å². The van der Waals surface area contributed by atoms with Crippen LogP contribution < -0.4 is 14.8 Å². The Labute approximate surface area is 204 Å². The lowest BCUT2D eigenvalue weighted by atomic mass is 9.90. The largest absolute Gasteiger partial charge is 0.497 e. The highest BCUT2D eigenvalue weighted by molar-refractivity contribution is 7.89. The van der Waals surface area contributed by atoms with Gasteiger partial charge in [-0.2, -0.15) is 0 Å². The number of aromatic nitrogens is 1. The number of carbonyl (C=O) groups excluding carboxylic acids is 1. The maximum absolute atomic E-state index is 13.0. The van der Waals surface area contributed by atoms with Crippen molar-refractivity contribution in [3.63, 3.8) is 0 Å². The van der Waals surface area contributed by atoms with Gasteiger partial charge in [0.05, 0.1) is 12.0 Å². The number of nitrogens with one attached hydrogen (secondary N) is 3. The number of H-pyrrole nitrogens is 1. The highest BCUT2D eigenvalue weighted by atomic mass is 32.2. The molecule has 1 amide bonds. The van der Waals surface area contributed by atoms with E-state index >= 15 is 0 Å². The predicted molar refractivity (Wildman–Crippen MR) is 137 cm³/mol. The van der Waals surface area contributed by atoms with Crippen molar-refractivity contribution in [1.29, 1.82) is 0 Å². The number of rotatable bonds is 10. The molecule has 0 aliphatic rings. The van der Waals surface area contributed by atoms with Crippen molar-refractivity contribution < 1.29 is 17.9 Å². The molecule has 0 aliphatic carbocycles. The number of hydrogen-bond acceptors (Lipinski definition) is 4. The minimum Gasteiger partial charge on any atom is -0.497 e. The fourth-order valence-corrected chi connectivity index (χ4v) is 5.02. The van der Waals surface area contributed by atoms with Crippen LogP contribution in [0.4, 0.5) is 0 Å². The minimum atomic E-state index is -3.74. The van der Waals surface area contributed by atoms with Gasteiger partial charge in [-0.25, -0.2) is 13.1 Å². The molecule has 4 rings (SSSR count). The highest BCUT2D eigenvalue weighted by Gasteiger charge is 2.21. The molecule has 0 bridgehead atoms. The second-order valence-electron chi connectivity index (χ2n) is 7.99. The highest BCUT2D eigenvalue weighted by Crippen LogP contribution is 2.31. The molecule has 180 valence electrons. The molecule has 0 radical (unpaired) electrons. The number of fused-ring (bicyclic) bond motifs is 1. The third-order valence-electron chi connectivity index (χ3n) is 5.81. The molecule has 1 aromatic heterocycles. The van der Waals surface area contributed by atoms with Gasteiger partial charge in [0.25, 0.3) is 5.91 Å². The maximum atomic E-state index is 13.0. The lowest BCUT2D eigenvalue weighted by molar-refractivity contribution is 0.0952. The van der Waals surface area contributed by atoms with Gasteiger partial charge >= 0.3 is 0 Å². The van der Waals surface area contributed by atoms with Crippen LogP contribution in [0.2, 0.25) is 0 Å². The summed E-state index contributed by atoms with van der Waals surface area (Å²) in [5.41, 5.74) is 3.34. The Morgan fingerprint density at radius 2 is 1.86 bits per heavy atom. The first kappa shape index (κ1) is 24.3. The Balaban J connectivity index is 1.60. The van der Waals surface area contributed by atoms with E-state index in [1.165, 1.54) is 18.2 Å². The van der Waals surface area contributed by atoms with Gasteiger partial charge in [0.2, 0.25) is 10.0 Å². The second-order valence-corrected chi connectivity index (χ2v) is 9.76. The molecular formula is C27H27N3O4S. The van der Waals surface area contributed by atoms with Gasteiger partial charge in [0, 0.05) is 41.7 Å². The van der Waals surface area contributed by atoms with Crippen molar-refractivity contribution in [2.75, 3.05) is 20.2 Å². The van der Waals surface area contributed by atoms with E-state index in [1.54, 1.807) is 19.2 Å². The van der Waals surface area contributed by atoms with Gasteiger partial charge in [-0.3, -0.25) is 4.79 Å². The molecule has 0 saturated carbocycles. The molecule has 0 aliphatic heterocycles. The number of hydrogen-bond donors (Lipinski definition) is 3. The number of methoxy groups -OCH3 is 1. The molecule has 3 N–H and O–H groups in total. The van der Waals surface area contributed by atoms with Gasteiger partial charge in [0.15, 0.2) is 0 Å². The SMILES string of the molecule is C=CCNS(=O)(=O)c1cccc(C(=O)NCC(c2ccc(OC)cc2)c2c[nH]c3ccccc23)c1. The summed E-state index contributed by atoms with van der Waals surface area (Å²) in [7, 11) is -2.12. The minimum absolute atomic E-state index is 0.0235. The summed E-state index contributed by atoms with van der Waals surface area (Å²) >= 11 is 0. The standard InChI is InChI=1S/C27H27N3O4S/c1-3-15-30-35(32,33)22-8-6-7-20(16-22)27(31)29-17-24(19-11-13-21(34-2)14-12-19)25-18-28-26-10-5-4-9-23(25)26/h3-14,16,18,24,28,30H,1,15,17H2,2H3,(H,29,31). The first-order valence-electron chi connectivity index (χ1n) is 11.1. The Morgan fingerprint density at radius 3 is 2.60 bits per heavy atom. The summed E-state index contributed by atoms with van der Waals surface area (Å²) < 4.78 is 32.6. The van der Waals surface area contributed by atoms with Crippen LogP contribution in [0.25, 0.3) is 10.9 Å². The van der Waals surface area contributed by atoms with Crippen LogP contribution in [0.15, 0.2) is 96.5 Å². The zero-order chi connectivity index (χ0) is 24.8. The number of aromatic amines is 1. The van der Waals surface area contributed by atoms with Gasteiger partial charge in [-0.05, 0) is 47.5 Å². The quantitative estimate of drug-likeness (QED) is 0.291. The van der Waals surface area contributed by atoms with Crippen molar-refractivity contribution in [1.82, 2.24) is 15.0 Å². The van der Waals surface area contributed by atoms with Crippen LogP contribution >= 0.6 is 0 Å². The molecule has 0 saturated heterocycles. The van der Waals surface area contributed by atoms with E-state index in [0.29, 0.717) is 6.54 Å². The topological polar surface area (TPSA) is 100 Å². The van der Waals surface area contributed by atoms with Gasteiger partial charge in [-0.15, -0.1) is 6.58 Å². The third-order valence-corrected chi connectivity index (χ3v) is 7.23. The van der Waals surface area contributed by atoms with Crippen molar-refractivity contribution in [3.8, 4) is 5.75 Å². The second kappa shape index (κ2) is 10.6. The third kappa shape index (κ3) is 5.45. The summed E-state index contributed by atoms with van der Waals surface area (Å²) in [6.45, 7) is 3.94. The fraction of sp³-hybridized carbons (Fsp3) is 0.148. The van der Waals surface area contributed by atoms with Crippen LogP contribution in [0.3, 0.4) is 0 Å². The van der Waals surface area contributed by atoms with Gasteiger partial charge < -0.3 is 15.0 Å². The molecule has 0 fully saturated rings. The molecule has 7 nitrogen and oxygen atoms in total. The van der Waals surface area contributed by atoms with E-state index in [1.807, 2.05) is 54.7 Å². The van der Waals surface area contributed by atoms with Gasteiger partial charge in [-0.1, -0.05) is 42.5 Å². The summed E-state index contributed by atoms with van der Waals surface area (Å²) in [5, 5.41) is 4.06. The smallest absolute Gasteiger partial charge is 0.251 e. The number of para-hydroxylation sites is 1. The lowest BCUT2D eigenvalue weighted by Crippen LogP contribution is -2.29. The molecule has 1 unspecified atom stereocenters. The molecule has 1 atom stereocenters. The number of benzene rings is 3. The lowest BCUT2D eigenvalue weighted by Gasteiger charge is -2.19.